The van der Waals surface area contributed by atoms with E-state index in [2.05, 4.69) is 0 Å². The molecule has 0 aliphatic heterocycles. The van der Waals surface area contributed by atoms with E-state index in [-0.39, 0.29) is 0 Å². The van der Waals surface area contributed by atoms with E-state index in [0.717, 1.165) is 10.8 Å². The van der Waals surface area contributed by atoms with Gasteiger partial charge >= 0.3 is 6.48 Å². The van der Waals surface area contributed by atoms with Crippen LogP contribution in [-0.4, -0.2) is 17.2 Å². The summed E-state index contributed by atoms with van der Waals surface area (Å²) in [4.78, 5) is 0. The summed E-state index contributed by atoms with van der Waals surface area (Å²) in [5, 5.41) is 11.8. The van der Waals surface area contributed by atoms with Gasteiger partial charge in [0.25, 0.3) is 0 Å². The lowest BCUT2D eigenvalue weighted by atomic mass is 10.1. The molecule has 1 atom stereocenters. The predicted octanol–water partition coefficient (Wildman–Crippen LogP) is 3.31. The summed E-state index contributed by atoms with van der Waals surface area (Å²) in [5.41, 5.74) is -0.454. The quantitative estimate of drug-likeness (QED) is 0.844. The van der Waals surface area contributed by atoms with Gasteiger partial charge in [0, 0.05) is 5.39 Å². The minimum atomic E-state index is -1.27. The topological polar surface area (TPSA) is 38.7 Å². The van der Waals surface area contributed by atoms with Crippen LogP contribution in [-0.2, 0) is 4.74 Å². The number of ether oxygens (including phenoxy) is 2. The fourth-order valence-corrected chi connectivity index (χ4v) is 1.73. The van der Waals surface area contributed by atoms with Gasteiger partial charge in [-0.3, -0.25) is 0 Å². The fourth-order valence-electron chi connectivity index (χ4n) is 1.73. The first-order valence-electron chi connectivity index (χ1n) is 5.96. The van der Waals surface area contributed by atoms with Gasteiger partial charge in [-0.05, 0) is 32.2 Å². The molecule has 2 rings (SSSR count). The average molecular weight is 246 g/mol. The Morgan fingerprint density at radius 3 is 2.39 bits per heavy atom. The van der Waals surface area contributed by atoms with Crippen LogP contribution in [0.5, 0.6) is 5.75 Å². The number of hydrogen-bond donors (Lipinski definition) is 1. The molecule has 0 aromatic heterocycles. The SMILES string of the molecule is CC(C)(C)OC(O)Oc1cccc2ccccc12. The van der Waals surface area contributed by atoms with Crippen LogP contribution in [0.25, 0.3) is 10.8 Å². The molecule has 0 spiro atoms. The summed E-state index contributed by atoms with van der Waals surface area (Å²) in [7, 11) is 0. The number of hydrogen-bond acceptors (Lipinski definition) is 3. The molecule has 0 amide bonds. The van der Waals surface area contributed by atoms with E-state index in [1.807, 2.05) is 63.2 Å². The third-order valence-electron chi connectivity index (χ3n) is 2.43. The molecule has 0 saturated carbocycles. The molecule has 0 radical (unpaired) electrons. The lowest BCUT2D eigenvalue weighted by molar-refractivity contribution is -0.259. The van der Waals surface area contributed by atoms with E-state index in [4.69, 9.17) is 9.47 Å². The maximum absolute atomic E-state index is 9.75. The highest BCUT2D eigenvalue weighted by molar-refractivity contribution is 5.88. The lowest BCUT2D eigenvalue weighted by Crippen LogP contribution is -2.31. The number of aliphatic hydroxyl groups excluding tert-OH is 1. The second-order valence-corrected chi connectivity index (χ2v) is 5.13. The van der Waals surface area contributed by atoms with Crippen LogP contribution in [0.1, 0.15) is 20.8 Å². The van der Waals surface area contributed by atoms with Gasteiger partial charge in [0.15, 0.2) is 0 Å². The molecule has 3 heteroatoms. The molecule has 3 nitrogen and oxygen atoms in total. The summed E-state index contributed by atoms with van der Waals surface area (Å²) in [6.45, 7) is 4.32. The summed E-state index contributed by atoms with van der Waals surface area (Å²) >= 11 is 0. The van der Waals surface area contributed by atoms with Gasteiger partial charge in [0.2, 0.25) is 0 Å². The molecule has 1 unspecified atom stereocenters. The van der Waals surface area contributed by atoms with Crippen LogP contribution in [0, 0.1) is 0 Å². The first-order chi connectivity index (χ1) is 8.46. The Bertz CT molecular complexity index is 523. The largest absolute Gasteiger partial charge is 0.441 e. The highest BCUT2D eigenvalue weighted by atomic mass is 16.8. The summed E-state index contributed by atoms with van der Waals surface area (Å²) in [5.74, 6) is 0.616. The molecule has 96 valence electrons. The molecule has 0 bridgehead atoms. The minimum Gasteiger partial charge on any atom is -0.441 e. The van der Waals surface area contributed by atoms with Gasteiger partial charge in [-0.2, -0.15) is 0 Å². The Kier molecular flexibility index (Phi) is 3.55. The Morgan fingerprint density at radius 1 is 1.00 bits per heavy atom. The monoisotopic (exact) mass is 246 g/mol. The molecule has 0 heterocycles. The van der Waals surface area contributed by atoms with Gasteiger partial charge in [0.1, 0.15) is 5.75 Å². The average Bonchev–Trinajstić information content (AvgIpc) is 2.27. The van der Waals surface area contributed by atoms with Crippen LogP contribution in [0.15, 0.2) is 42.5 Å². The van der Waals surface area contributed by atoms with E-state index in [1.54, 1.807) is 0 Å². The molecule has 2 aromatic carbocycles. The molecule has 0 saturated heterocycles. The van der Waals surface area contributed by atoms with Crippen molar-refractivity contribution in [2.75, 3.05) is 0 Å². The first kappa shape index (κ1) is 12.9. The van der Waals surface area contributed by atoms with Crippen molar-refractivity contribution in [2.45, 2.75) is 32.8 Å². The normalized spacial score (nSPS) is 13.6. The van der Waals surface area contributed by atoms with Crippen LogP contribution < -0.4 is 4.74 Å². The van der Waals surface area contributed by atoms with E-state index in [0.29, 0.717) is 5.75 Å². The fraction of sp³-hybridized carbons (Fsp3) is 0.333. The summed E-state index contributed by atoms with van der Waals surface area (Å²) in [6.07, 6.45) is 0. The van der Waals surface area contributed by atoms with Crippen LogP contribution in [0.3, 0.4) is 0 Å². The van der Waals surface area contributed by atoms with Gasteiger partial charge in [-0.1, -0.05) is 36.4 Å². The highest BCUT2D eigenvalue weighted by Gasteiger charge is 2.18. The third-order valence-corrected chi connectivity index (χ3v) is 2.43. The second kappa shape index (κ2) is 4.96. The standard InChI is InChI=1S/C15H18O3/c1-15(2,3)18-14(16)17-13-10-6-8-11-7-4-5-9-12(11)13/h4-10,14,16H,1-3H3. The summed E-state index contributed by atoms with van der Waals surface area (Å²) < 4.78 is 10.8. The van der Waals surface area contributed by atoms with Crippen molar-refractivity contribution in [3.05, 3.63) is 42.5 Å². The molecular formula is C15H18O3. The molecule has 0 aliphatic carbocycles. The lowest BCUT2D eigenvalue weighted by Gasteiger charge is -2.24. The van der Waals surface area contributed by atoms with Crippen molar-refractivity contribution < 1.29 is 14.6 Å². The predicted molar refractivity (Wildman–Crippen MR) is 71.4 cm³/mol. The molecule has 18 heavy (non-hydrogen) atoms. The Labute approximate surface area is 107 Å². The van der Waals surface area contributed by atoms with E-state index >= 15 is 0 Å². The minimum absolute atomic E-state index is 0.454. The first-order valence-corrected chi connectivity index (χ1v) is 5.96. The van der Waals surface area contributed by atoms with Gasteiger partial charge in [-0.25, -0.2) is 0 Å². The number of fused-ring (bicyclic) bond motifs is 1. The smallest absolute Gasteiger partial charge is 0.313 e. The van der Waals surface area contributed by atoms with E-state index < -0.39 is 12.1 Å². The molecule has 0 aliphatic rings. The molecule has 2 aromatic rings. The van der Waals surface area contributed by atoms with Gasteiger partial charge in [-0.15, -0.1) is 0 Å². The molecular weight excluding hydrogens is 228 g/mol. The summed E-state index contributed by atoms with van der Waals surface area (Å²) in [6, 6.07) is 13.6. The van der Waals surface area contributed by atoms with Crippen molar-refractivity contribution in [1.29, 1.82) is 0 Å². The number of aliphatic hydroxyl groups is 1. The molecule has 1 N–H and O–H groups in total. The zero-order chi connectivity index (χ0) is 13.2. The second-order valence-electron chi connectivity index (χ2n) is 5.13. The number of rotatable bonds is 3. The van der Waals surface area contributed by atoms with Gasteiger partial charge < -0.3 is 14.6 Å². The van der Waals surface area contributed by atoms with Crippen LogP contribution in [0.2, 0.25) is 0 Å². The zero-order valence-electron chi connectivity index (χ0n) is 10.9. The maximum Gasteiger partial charge on any atom is 0.313 e. The van der Waals surface area contributed by atoms with Crippen molar-refractivity contribution >= 4 is 10.8 Å². The van der Waals surface area contributed by atoms with Crippen molar-refractivity contribution in [1.82, 2.24) is 0 Å². The Morgan fingerprint density at radius 2 is 1.67 bits per heavy atom. The zero-order valence-corrected chi connectivity index (χ0v) is 10.9. The molecule has 0 fully saturated rings. The Balaban J connectivity index is 2.21. The van der Waals surface area contributed by atoms with Crippen LogP contribution in [0.4, 0.5) is 0 Å². The van der Waals surface area contributed by atoms with E-state index in [9.17, 15) is 5.11 Å². The van der Waals surface area contributed by atoms with Crippen LogP contribution >= 0.6 is 0 Å². The van der Waals surface area contributed by atoms with E-state index in [1.165, 1.54) is 0 Å². The maximum atomic E-state index is 9.75. The van der Waals surface area contributed by atoms with Crippen molar-refractivity contribution in [2.24, 2.45) is 0 Å². The highest BCUT2D eigenvalue weighted by Crippen LogP contribution is 2.26. The van der Waals surface area contributed by atoms with Gasteiger partial charge in [0.05, 0.1) is 5.60 Å². The van der Waals surface area contributed by atoms with Crippen molar-refractivity contribution in [3.63, 3.8) is 0 Å². The van der Waals surface area contributed by atoms with Crippen molar-refractivity contribution in [3.8, 4) is 5.75 Å². The Hall–Kier alpha value is -1.58. The third kappa shape index (κ3) is 3.22. The number of benzene rings is 2.